The van der Waals surface area contributed by atoms with Crippen LogP contribution in [0.5, 0.6) is 0 Å². The number of hydrogen-bond donors (Lipinski definition) is 1. The summed E-state index contributed by atoms with van der Waals surface area (Å²) < 4.78 is 0. The molecule has 140 valence electrons. The smallest absolute Gasteiger partial charge is 0.251 e. The summed E-state index contributed by atoms with van der Waals surface area (Å²) in [5, 5.41) is 25.0. The fraction of sp³-hybridized carbons (Fsp3) is 0.286. The van der Waals surface area contributed by atoms with E-state index in [1.807, 2.05) is 30.3 Å². The van der Waals surface area contributed by atoms with Gasteiger partial charge in [0.15, 0.2) is 0 Å². The van der Waals surface area contributed by atoms with Gasteiger partial charge in [-0.2, -0.15) is 10.1 Å². The minimum Gasteiger partial charge on any atom is -0.349 e. The molecule has 0 unspecified atom stereocenters. The first-order valence-corrected chi connectivity index (χ1v) is 9.39. The summed E-state index contributed by atoms with van der Waals surface area (Å²) in [5.74, 6) is 0.499. The van der Waals surface area contributed by atoms with Crippen molar-refractivity contribution in [2.45, 2.75) is 37.8 Å². The summed E-state index contributed by atoms with van der Waals surface area (Å²) in [4.78, 5) is 14.1. The van der Waals surface area contributed by atoms with Crippen molar-refractivity contribution in [1.82, 2.24) is 25.5 Å². The van der Waals surface area contributed by atoms with Gasteiger partial charge in [-0.1, -0.05) is 36.4 Å². The highest BCUT2D eigenvalue weighted by atomic mass is 16.1. The van der Waals surface area contributed by atoms with Crippen molar-refractivity contribution in [1.29, 1.82) is 5.26 Å². The van der Waals surface area contributed by atoms with Gasteiger partial charge in [-0.25, -0.2) is 0 Å². The van der Waals surface area contributed by atoms with Crippen LogP contribution in [-0.4, -0.2) is 32.2 Å². The molecule has 0 saturated heterocycles. The molecule has 28 heavy (non-hydrogen) atoms. The molecule has 0 aliphatic heterocycles. The summed E-state index contributed by atoms with van der Waals surface area (Å²) in [6.45, 7) is 0. The highest BCUT2D eigenvalue weighted by Gasteiger charge is 2.25. The quantitative estimate of drug-likeness (QED) is 0.759. The Bertz CT molecular complexity index is 999. The van der Waals surface area contributed by atoms with Gasteiger partial charge in [-0.15, -0.1) is 10.2 Å². The standard InChI is InChI=1S/C21H20N6O/c22-14-15-5-4-8-17(13-15)21(28)23-18-9-11-19(12-10-18)27-25-20(24-26-27)16-6-2-1-3-7-16/h1-8,13,18-19H,9-12H2,(H,23,28). The lowest BCUT2D eigenvalue weighted by molar-refractivity contribution is 0.0920. The number of nitrogens with zero attached hydrogens (tertiary/aromatic N) is 5. The third-order valence-corrected chi connectivity index (χ3v) is 5.07. The molecule has 1 aliphatic carbocycles. The van der Waals surface area contributed by atoms with Crippen molar-refractivity contribution in [3.63, 3.8) is 0 Å². The summed E-state index contributed by atoms with van der Waals surface area (Å²) in [6, 6.07) is 18.9. The zero-order valence-electron chi connectivity index (χ0n) is 15.3. The van der Waals surface area contributed by atoms with Crippen LogP contribution in [0.15, 0.2) is 54.6 Å². The van der Waals surface area contributed by atoms with Crippen LogP contribution in [-0.2, 0) is 0 Å². The maximum absolute atomic E-state index is 12.4. The molecule has 1 aromatic heterocycles. The number of rotatable bonds is 4. The molecule has 0 spiro atoms. The third kappa shape index (κ3) is 3.91. The Kier molecular flexibility index (Phi) is 5.11. The van der Waals surface area contributed by atoms with Crippen LogP contribution in [0.3, 0.4) is 0 Å². The molecule has 2 aromatic carbocycles. The second kappa shape index (κ2) is 8.01. The van der Waals surface area contributed by atoms with Gasteiger partial charge >= 0.3 is 0 Å². The number of carbonyl (C=O) groups is 1. The van der Waals surface area contributed by atoms with E-state index in [1.54, 1.807) is 29.1 Å². The number of nitriles is 1. The summed E-state index contributed by atoms with van der Waals surface area (Å²) in [6.07, 6.45) is 3.48. The Morgan fingerprint density at radius 3 is 2.61 bits per heavy atom. The van der Waals surface area contributed by atoms with E-state index in [2.05, 4.69) is 26.8 Å². The number of carbonyl (C=O) groups excluding carboxylic acids is 1. The van der Waals surface area contributed by atoms with Crippen LogP contribution in [0.2, 0.25) is 0 Å². The molecule has 4 rings (SSSR count). The highest BCUT2D eigenvalue weighted by Crippen LogP contribution is 2.28. The molecule has 1 heterocycles. The Hall–Kier alpha value is -3.53. The second-order valence-electron chi connectivity index (χ2n) is 6.97. The molecular weight excluding hydrogens is 352 g/mol. The number of tetrazole rings is 1. The predicted octanol–water partition coefficient (Wildman–Crippen LogP) is 3.13. The lowest BCUT2D eigenvalue weighted by Crippen LogP contribution is -2.38. The van der Waals surface area contributed by atoms with E-state index >= 15 is 0 Å². The van der Waals surface area contributed by atoms with E-state index < -0.39 is 0 Å². The van der Waals surface area contributed by atoms with E-state index in [-0.39, 0.29) is 18.0 Å². The number of amides is 1. The predicted molar refractivity (Wildman–Crippen MR) is 103 cm³/mol. The largest absolute Gasteiger partial charge is 0.349 e. The minimum absolute atomic E-state index is 0.117. The Labute approximate surface area is 163 Å². The molecular formula is C21H20N6O. The van der Waals surface area contributed by atoms with E-state index in [1.165, 1.54) is 0 Å². The topological polar surface area (TPSA) is 96.5 Å². The van der Waals surface area contributed by atoms with Crippen LogP contribution >= 0.6 is 0 Å². The van der Waals surface area contributed by atoms with Crippen molar-refractivity contribution in [2.75, 3.05) is 0 Å². The lowest BCUT2D eigenvalue weighted by atomic mass is 9.91. The monoisotopic (exact) mass is 372 g/mol. The van der Waals surface area contributed by atoms with Crippen molar-refractivity contribution in [3.05, 3.63) is 65.7 Å². The number of hydrogen-bond acceptors (Lipinski definition) is 5. The second-order valence-corrected chi connectivity index (χ2v) is 6.97. The summed E-state index contributed by atoms with van der Waals surface area (Å²) >= 11 is 0. The van der Waals surface area contributed by atoms with Gasteiger partial charge in [0.25, 0.3) is 5.91 Å². The van der Waals surface area contributed by atoms with Crippen molar-refractivity contribution >= 4 is 5.91 Å². The summed E-state index contributed by atoms with van der Waals surface area (Å²) in [7, 11) is 0. The maximum Gasteiger partial charge on any atom is 0.251 e. The number of aromatic nitrogens is 4. The van der Waals surface area contributed by atoms with Gasteiger partial charge in [0.2, 0.25) is 5.82 Å². The first-order chi connectivity index (χ1) is 13.7. The van der Waals surface area contributed by atoms with Gasteiger partial charge in [-0.3, -0.25) is 4.79 Å². The van der Waals surface area contributed by atoms with E-state index in [9.17, 15) is 4.79 Å². The van der Waals surface area contributed by atoms with Crippen LogP contribution < -0.4 is 5.32 Å². The fourth-order valence-electron chi connectivity index (χ4n) is 3.53. The minimum atomic E-state index is -0.134. The van der Waals surface area contributed by atoms with Gasteiger partial charge in [-0.05, 0) is 49.1 Å². The molecule has 1 aliphatic rings. The van der Waals surface area contributed by atoms with Crippen LogP contribution in [0.1, 0.15) is 47.6 Å². The SMILES string of the molecule is N#Cc1cccc(C(=O)NC2CCC(n3nnc(-c4ccccc4)n3)CC2)c1. The first-order valence-electron chi connectivity index (χ1n) is 9.39. The Balaban J connectivity index is 1.34. The van der Waals surface area contributed by atoms with Gasteiger partial charge in [0.05, 0.1) is 17.7 Å². The zero-order chi connectivity index (χ0) is 19.3. The summed E-state index contributed by atoms with van der Waals surface area (Å²) in [5.41, 5.74) is 1.96. The molecule has 7 nitrogen and oxygen atoms in total. The van der Waals surface area contributed by atoms with Gasteiger partial charge in [0, 0.05) is 17.2 Å². The first kappa shape index (κ1) is 17.9. The van der Waals surface area contributed by atoms with Crippen LogP contribution in [0.25, 0.3) is 11.4 Å². The number of nitrogens with one attached hydrogen (secondary N) is 1. The fourth-order valence-corrected chi connectivity index (χ4v) is 3.53. The van der Waals surface area contributed by atoms with Crippen molar-refractivity contribution in [3.8, 4) is 17.5 Å². The highest BCUT2D eigenvalue weighted by molar-refractivity contribution is 5.94. The van der Waals surface area contributed by atoms with Gasteiger partial charge in [0.1, 0.15) is 0 Å². The molecule has 1 N–H and O–H groups in total. The van der Waals surface area contributed by atoms with E-state index in [0.717, 1.165) is 31.2 Å². The average Bonchev–Trinajstić information content (AvgIpc) is 3.25. The van der Waals surface area contributed by atoms with Gasteiger partial charge < -0.3 is 5.32 Å². The van der Waals surface area contributed by atoms with E-state index in [0.29, 0.717) is 17.0 Å². The van der Waals surface area contributed by atoms with Crippen LogP contribution in [0.4, 0.5) is 0 Å². The normalized spacial score (nSPS) is 19.0. The maximum atomic E-state index is 12.4. The van der Waals surface area contributed by atoms with Crippen molar-refractivity contribution < 1.29 is 4.79 Å². The lowest BCUT2D eigenvalue weighted by Gasteiger charge is -2.28. The third-order valence-electron chi connectivity index (χ3n) is 5.07. The Morgan fingerprint density at radius 1 is 1.07 bits per heavy atom. The van der Waals surface area contributed by atoms with Crippen LogP contribution in [0, 0.1) is 11.3 Å². The molecule has 0 radical (unpaired) electrons. The molecule has 3 aromatic rings. The average molecular weight is 372 g/mol. The molecule has 1 amide bonds. The molecule has 7 heteroatoms. The molecule has 0 bridgehead atoms. The number of benzene rings is 2. The Morgan fingerprint density at radius 2 is 1.86 bits per heavy atom. The van der Waals surface area contributed by atoms with Crippen molar-refractivity contribution in [2.24, 2.45) is 0 Å². The van der Waals surface area contributed by atoms with E-state index in [4.69, 9.17) is 5.26 Å². The molecule has 1 fully saturated rings. The zero-order valence-corrected chi connectivity index (χ0v) is 15.3. The molecule has 0 atom stereocenters. The molecule has 1 saturated carbocycles.